The Bertz CT molecular complexity index is 1320. The van der Waals surface area contributed by atoms with Crippen molar-refractivity contribution in [2.75, 3.05) is 13.2 Å². The van der Waals surface area contributed by atoms with Gasteiger partial charge >= 0.3 is 18.0 Å². The zero-order chi connectivity index (χ0) is 36.5. The number of hydrogen-bond acceptors (Lipinski definition) is 8. The quantitative estimate of drug-likeness (QED) is 0.213. The van der Waals surface area contributed by atoms with Gasteiger partial charge in [0.2, 0.25) is 5.91 Å². The van der Waals surface area contributed by atoms with Crippen molar-refractivity contribution in [1.29, 1.82) is 0 Å². The van der Waals surface area contributed by atoms with Crippen LogP contribution in [0.25, 0.3) is 0 Å². The fourth-order valence-electron chi connectivity index (χ4n) is 6.04. The number of hydrogen-bond donors (Lipinski definition) is 1. The van der Waals surface area contributed by atoms with Gasteiger partial charge in [-0.1, -0.05) is 81.4 Å². The Hall–Kier alpha value is -3.70. The lowest BCUT2D eigenvalue weighted by Gasteiger charge is -2.44. The number of nitrogens with two attached hydrogens (primary N) is 1. The van der Waals surface area contributed by atoms with E-state index in [2.05, 4.69) is 50.8 Å². The average molecular weight is 685 g/mol. The van der Waals surface area contributed by atoms with Crippen LogP contribution in [0.4, 0.5) is 4.79 Å². The van der Waals surface area contributed by atoms with Crippen LogP contribution in [-0.4, -0.2) is 73.7 Å². The number of amides is 2. The summed E-state index contributed by atoms with van der Waals surface area (Å²) in [5.74, 6) is -1.48. The molecule has 11 heteroatoms. The highest BCUT2D eigenvalue weighted by Gasteiger charge is 2.54. The Labute approximate surface area is 287 Å². The Kier molecular flexibility index (Phi) is 14.0. The van der Waals surface area contributed by atoms with Crippen LogP contribution < -0.4 is 16.1 Å². The van der Waals surface area contributed by atoms with Crippen molar-refractivity contribution < 1.29 is 37.8 Å². The first-order valence-electron chi connectivity index (χ1n) is 16.5. The SMILES string of the molecule is CC(=O)OCC[C@@H]1[C@H](CO[Si](c2ccccc2)(c2ccccc2)C(C)(C)C)C[C@H](C(=O)OC(C)(C)C)N1C(=O)OC(C)(C)C.CC(N)=O. The van der Waals surface area contributed by atoms with Crippen LogP contribution in [0.2, 0.25) is 5.04 Å². The van der Waals surface area contributed by atoms with E-state index in [1.807, 2.05) is 36.4 Å². The Morgan fingerprint density at radius 2 is 1.25 bits per heavy atom. The van der Waals surface area contributed by atoms with Crippen molar-refractivity contribution >= 4 is 42.6 Å². The summed E-state index contributed by atoms with van der Waals surface area (Å²) < 4.78 is 24.2. The summed E-state index contributed by atoms with van der Waals surface area (Å²) >= 11 is 0. The molecule has 10 nitrogen and oxygen atoms in total. The second-order valence-electron chi connectivity index (χ2n) is 15.2. The second kappa shape index (κ2) is 16.6. The summed E-state index contributed by atoms with van der Waals surface area (Å²) in [5.41, 5.74) is 2.95. The summed E-state index contributed by atoms with van der Waals surface area (Å²) in [6.07, 6.45) is 0.0541. The van der Waals surface area contributed by atoms with E-state index >= 15 is 0 Å². The molecule has 0 radical (unpaired) electrons. The topological polar surface area (TPSA) is 134 Å². The van der Waals surface area contributed by atoms with Gasteiger partial charge in [-0.2, -0.15) is 0 Å². The first-order valence-corrected chi connectivity index (χ1v) is 18.4. The zero-order valence-corrected chi connectivity index (χ0v) is 31.6. The third-order valence-corrected chi connectivity index (χ3v) is 12.7. The van der Waals surface area contributed by atoms with Gasteiger partial charge in [0.05, 0.1) is 6.61 Å². The van der Waals surface area contributed by atoms with Gasteiger partial charge in [0.1, 0.15) is 17.2 Å². The van der Waals surface area contributed by atoms with Crippen molar-refractivity contribution in [3.8, 4) is 0 Å². The number of benzene rings is 2. The Morgan fingerprint density at radius 3 is 1.65 bits per heavy atom. The Balaban J connectivity index is 0.00000189. The molecule has 1 aliphatic rings. The lowest BCUT2D eigenvalue weighted by molar-refractivity contribution is -0.160. The van der Waals surface area contributed by atoms with E-state index in [0.717, 1.165) is 10.4 Å². The molecule has 1 heterocycles. The molecule has 48 heavy (non-hydrogen) atoms. The molecule has 1 fully saturated rings. The van der Waals surface area contributed by atoms with Crippen molar-refractivity contribution in [2.45, 2.75) is 117 Å². The number of carbonyl (C=O) groups is 4. The standard InChI is InChI=1S/C35H51NO7Si.C2H5NO/c1-25(37)40-22-21-29-26(23-30(31(38)42-33(2,3)4)36(29)32(39)43-34(5,6)7)24-41-44(35(8,9)10,27-17-13-11-14-18-27)28-19-15-12-16-20-28;1-2(3)4/h11-20,26,29-30H,21-24H2,1-10H3;1H3,(H2,3,4)/t26-,29+,30+;/m0./s1. The van der Waals surface area contributed by atoms with E-state index < -0.39 is 49.6 Å². The molecule has 2 amide bonds. The summed E-state index contributed by atoms with van der Waals surface area (Å²) in [5, 5.41) is 2.03. The molecule has 2 aromatic carbocycles. The minimum absolute atomic E-state index is 0.0933. The van der Waals surface area contributed by atoms with Crippen LogP contribution in [-0.2, 0) is 33.0 Å². The van der Waals surface area contributed by atoms with E-state index in [0.29, 0.717) is 12.8 Å². The number of nitrogens with zero attached hydrogens (tertiary/aromatic N) is 1. The number of carbonyl (C=O) groups excluding carboxylic acids is 4. The van der Waals surface area contributed by atoms with E-state index in [1.165, 1.54) is 18.7 Å². The predicted molar refractivity (Wildman–Crippen MR) is 189 cm³/mol. The maximum atomic E-state index is 13.8. The largest absolute Gasteiger partial charge is 0.466 e. The van der Waals surface area contributed by atoms with Gasteiger partial charge in [-0.3, -0.25) is 14.5 Å². The molecule has 2 N–H and O–H groups in total. The molecular formula is C37H56N2O8Si. The number of ether oxygens (including phenoxy) is 3. The van der Waals surface area contributed by atoms with Crippen molar-refractivity contribution in [3.63, 3.8) is 0 Å². The highest BCUT2D eigenvalue weighted by atomic mass is 28.4. The number of likely N-dealkylation sites (tertiary alicyclic amines) is 1. The third kappa shape index (κ3) is 11.5. The fraction of sp³-hybridized carbons (Fsp3) is 0.568. The highest BCUT2D eigenvalue weighted by molar-refractivity contribution is 6.99. The average Bonchev–Trinajstić information content (AvgIpc) is 3.30. The smallest absolute Gasteiger partial charge is 0.411 e. The zero-order valence-electron chi connectivity index (χ0n) is 30.6. The normalized spacial score (nSPS) is 18.3. The minimum atomic E-state index is -2.91. The van der Waals surface area contributed by atoms with Gasteiger partial charge in [-0.05, 0) is 63.4 Å². The van der Waals surface area contributed by atoms with Crippen LogP contribution in [0.15, 0.2) is 60.7 Å². The van der Waals surface area contributed by atoms with Crippen LogP contribution in [0.3, 0.4) is 0 Å². The Morgan fingerprint density at radius 1 is 0.792 bits per heavy atom. The first kappa shape index (κ1) is 40.5. The molecule has 0 aliphatic carbocycles. The van der Waals surface area contributed by atoms with Gasteiger partial charge in [0, 0.05) is 38.8 Å². The van der Waals surface area contributed by atoms with Crippen LogP contribution in [0.5, 0.6) is 0 Å². The lowest BCUT2D eigenvalue weighted by atomic mass is 9.98. The van der Waals surface area contributed by atoms with E-state index in [1.54, 1.807) is 41.5 Å². The predicted octanol–water partition coefficient (Wildman–Crippen LogP) is 5.34. The van der Waals surface area contributed by atoms with Gasteiger partial charge in [0.15, 0.2) is 0 Å². The van der Waals surface area contributed by atoms with E-state index in [-0.39, 0.29) is 30.1 Å². The van der Waals surface area contributed by atoms with E-state index in [4.69, 9.17) is 18.6 Å². The summed E-state index contributed by atoms with van der Waals surface area (Å²) in [7, 11) is -2.91. The third-order valence-electron chi connectivity index (χ3n) is 7.70. The highest BCUT2D eigenvalue weighted by Crippen LogP contribution is 2.40. The molecule has 1 aliphatic heterocycles. The van der Waals surface area contributed by atoms with Crippen LogP contribution in [0, 0.1) is 5.92 Å². The summed E-state index contributed by atoms with van der Waals surface area (Å²) in [6.45, 7) is 20.5. The monoisotopic (exact) mass is 684 g/mol. The minimum Gasteiger partial charge on any atom is -0.466 e. The number of rotatable bonds is 9. The lowest BCUT2D eigenvalue weighted by Crippen LogP contribution is -2.67. The van der Waals surface area contributed by atoms with E-state index in [9.17, 15) is 19.2 Å². The maximum absolute atomic E-state index is 13.8. The summed E-state index contributed by atoms with van der Waals surface area (Å²) in [4.78, 5) is 49.8. The fourth-order valence-corrected chi connectivity index (χ4v) is 10.7. The molecule has 1 saturated heterocycles. The number of esters is 2. The molecule has 0 unspecified atom stereocenters. The molecule has 0 spiro atoms. The molecule has 266 valence electrons. The molecule has 3 atom stereocenters. The van der Waals surface area contributed by atoms with Gasteiger partial charge in [-0.15, -0.1) is 0 Å². The van der Waals surface area contributed by atoms with Crippen molar-refractivity contribution in [2.24, 2.45) is 11.7 Å². The molecule has 2 aromatic rings. The molecule has 0 aromatic heterocycles. The van der Waals surface area contributed by atoms with Crippen molar-refractivity contribution in [1.82, 2.24) is 4.90 Å². The van der Waals surface area contributed by atoms with Gasteiger partial charge in [-0.25, -0.2) is 9.59 Å². The van der Waals surface area contributed by atoms with Gasteiger partial charge in [0.25, 0.3) is 8.32 Å². The van der Waals surface area contributed by atoms with Crippen LogP contribution >= 0.6 is 0 Å². The second-order valence-corrected chi connectivity index (χ2v) is 19.5. The summed E-state index contributed by atoms with van der Waals surface area (Å²) in [6, 6.07) is 19.3. The van der Waals surface area contributed by atoms with Crippen molar-refractivity contribution in [3.05, 3.63) is 60.7 Å². The maximum Gasteiger partial charge on any atom is 0.411 e. The molecule has 3 rings (SSSR count). The first-order chi connectivity index (χ1) is 22.1. The molecular weight excluding hydrogens is 628 g/mol. The van der Waals surface area contributed by atoms with Gasteiger partial charge < -0.3 is 24.4 Å². The molecule has 0 saturated carbocycles. The number of primary amides is 1. The molecule has 0 bridgehead atoms. The van der Waals surface area contributed by atoms with Crippen LogP contribution in [0.1, 0.15) is 89.0 Å².